The number of aliphatic hydroxyl groups excluding tert-OH is 2. The Morgan fingerprint density at radius 2 is 1.02 bits per heavy atom. The first-order valence-electron chi connectivity index (χ1n) is 14.6. The molecule has 0 aliphatic rings. The lowest BCUT2D eigenvalue weighted by Gasteiger charge is -2.40. The normalized spacial score (nSPS) is 14.4. The van der Waals surface area contributed by atoms with Gasteiger partial charge in [0.15, 0.2) is 0 Å². The van der Waals surface area contributed by atoms with E-state index in [1.54, 1.807) is 0 Å². The van der Waals surface area contributed by atoms with Gasteiger partial charge in [0.1, 0.15) is 34.9 Å². The minimum Gasteiger partial charge on any atom is -0.488 e. The van der Waals surface area contributed by atoms with Crippen molar-refractivity contribution < 1.29 is 19.7 Å². The largest absolute Gasteiger partial charge is 0.488 e. The van der Waals surface area contributed by atoms with Gasteiger partial charge in [0.25, 0.3) is 0 Å². The molecule has 0 aromatic heterocycles. The van der Waals surface area contributed by atoms with E-state index < -0.39 is 11.0 Å². The van der Waals surface area contributed by atoms with Crippen LogP contribution in [0.1, 0.15) is 73.4 Å². The van der Waals surface area contributed by atoms with Crippen molar-refractivity contribution in [1.29, 1.82) is 0 Å². The van der Waals surface area contributed by atoms with Gasteiger partial charge < -0.3 is 19.7 Å². The molecular weight excluding hydrogens is 520 g/mol. The molecule has 0 aliphatic heterocycles. The summed E-state index contributed by atoms with van der Waals surface area (Å²) in [6.07, 6.45) is 5.61. The first kappa shape index (κ1) is 32.5. The molecule has 0 saturated heterocycles. The summed E-state index contributed by atoms with van der Waals surface area (Å²) >= 11 is 0. The zero-order valence-corrected chi connectivity index (χ0v) is 26.6. The highest BCUT2D eigenvalue weighted by Crippen LogP contribution is 2.39. The summed E-state index contributed by atoms with van der Waals surface area (Å²) in [5.74, 6) is 7.88. The molecule has 0 spiro atoms. The van der Waals surface area contributed by atoms with E-state index in [2.05, 4.69) is 81.2 Å². The molecule has 2 unspecified atom stereocenters. The van der Waals surface area contributed by atoms with E-state index in [9.17, 15) is 10.2 Å². The number of rotatable bonds is 10. The molecule has 42 heavy (non-hydrogen) atoms. The molecule has 4 heteroatoms. The van der Waals surface area contributed by atoms with Crippen molar-refractivity contribution in [2.45, 2.75) is 86.4 Å². The number of benzene rings is 3. The molecule has 2 atom stereocenters. The van der Waals surface area contributed by atoms with Crippen LogP contribution in [-0.2, 0) is 12.8 Å². The summed E-state index contributed by atoms with van der Waals surface area (Å²) in [4.78, 5) is 0. The van der Waals surface area contributed by atoms with E-state index in [-0.39, 0.29) is 11.0 Å². The maximum Gasteiger partial charge on any atom is 0.120 e. The maximum atomic E-state index is 9.67. The Balaban J connectivity index is 1.75. The minimum absolute atomic E-state index is 0.239. The monoisotopic (exact) mass is 566 g/mol. The average molecular weight is 567 g/mol. The van der Waals surface area contributed by atoms with Crippen LogP contribution < -0.4 is 9.47 Å². The summed E-state index contributed by atoms with van der Waals surface area (Å²) < 4.78 is 12.5. The van der Waals surface area contributed by atoms with Crippen LogP contribution in [0.15, 0.2) is 72.8 Å². The van der Waals surface area contributed by atoms with Crippen LogP contribution in [-0.4, -0.2) is 21.4 Å². The quantitative estimate of drug-likeness (QED) is 0.241. The Morgan fingerprint density at radius 3 is 1.43 bits per heavy atom. The molecular formula is C38H46O4. The standard InChI is InChI=1S/C38H46O4/c1-28(2)37(8,22-24-39)26-29-10-12-30(13-11-29)27-38(9,23-25-40)36(6,7)42-34-20-16-32(17-21-34)31-14-18-33(19-15-31)41-35(3,4)5/h10-21,28,39-40H,26-27H2,1-9H3. The number of ether oxygens (including phenoxy) is 2. The molecule has 0 saturated carbocycles. The molecule has 0 amide bonds. The summed E-state index contributed by atoms with van der Waals surface area (Å²) in [7, 11) is 0. The Kier molecular flexibility index (Phi) is 9.96. The van der Waals surface area contributed by atoms with Crippen molar-refractivity contribution in [2.24, 2.45) is 16.7 Å². The van der Waals surface area contributed by atoms with Crippen LogP contribution >= 0.6 is 0 Å². The lowest BCUT2D eigenvalue weighted by Crippen LogP contribution is -2.47. The van der Waals surface area contributed by atoms with Crippen LogP contribution in [0.3, 0.4) is 0 Å². The molecule has 3 rings (SSSR count). The minimum atomic E-state index is -0.720. The Labute approximate surface area is 253 Å². The molecule has 4 nitrogen and oxygen atoms in total. The van der Waals surface area contributed by atoms with Gasteiger partial charge >= 0.3 is 0 Å². The van der Waals surface area contributed by atoms with Gasteiger partial charge in [-0.05, 0) is 120 Å². The first-order chi connectivity index (χ1) is 19.6. The van der Waals surface area contributed by atoms with Crippen molar-refractivity contribution >= 4 is 0 Å². The Morgan fingerprint density at radius 1 is 0.595 bits per heavy atom. The van der Waals surface area contributed by atoms with Crippen LogP contribution in [0.25, 0.3) is 11.1 Å². The summed E-state index contributed by atoms with van der Waals surface area (Å²) in [6, 6.07) is 24.6. The third-order valence-electron chi connectivity index (χ3n) is 8.27. The summed E-state index contributed by atoms with van der Waals surface area (Å²) in [5, 5.41) is 18.9. The fourth-order valence-corrected chi connectivity index (χ4v) is 4.85. The lowest BCUT2D eigenvalue weighted by molar-refractivity contribution is 0.0131. The third kappa shape index (κ3) is 8.27. The van der Waals surface area contributed by atoms with E-state index in [1.807, 2.05) is 77.9 Å². The van der Waals surface area contributed by atoms with Crippen LogP contribution in [0.2, 0.25) is 0 Å². The van der Waals surface area contributed by atoms with Gasteiger partial charge in [-0.25, -0.2) is 0 Å². The van der Waals surface area contributed by atoms with Gasteiger partial charge in [-0.2, -0.15) is 0 Å². The topological polar surface area (TPSA) is 58.9 Å². The molecule has 0 fully saturated rings. The third-order valence-corrected chi connectivity index (χ3v) is 8.27. The van der Waals surface area contributed by atoms with E-state index >= 15 is 0 Å². The number of aliphatic hydroxyl groups is 2. The molecule has 0 heterocycles. The van der Waals surface area contributed by atoms with Crippen LogP contribution in [0.5, 0.6) is 11.5 Å². The summed E-state index contributed by atoms with van der Waals surface area (Å²) in [6.45, 7) is 18.5. The van der Waals surface area contributed by atoms with Crippen molar-refractivity contribution in [3.63, 3.8) is 0 Å². The fourth-order valence-electron chi connectivity index (χ4n) is 4.85. The Hall–Kier alpha value is -4.02. The molecule has 0 radical (unpaired) electrons. The van der Waals surface area contributed by atoms with Gasteiger partial charge in [0.05, 0.1) is 5.41 Å². The highest BCUT2D eigenvalue weighted by Gasteiger charge is 2.42. The summed E-state index contributed by atoms with van der Waals surface area (Å²) in [5.41, 5.74) is 2.47. The lowest BCUT2D eigenvalue weighted by atomic mass is 9.71. The first-order valence-corrected chi connectivity index (χ1v) is 14.6. The van der Waals surface area contributed by atoms with E-state index in [0.717, 1.165) is 40.2 Å². The second-order valence-corrected chi connectivity index (χ2v) is 13.4. The van der Waals surface area contributed by atoms with Crippen molar-refractivity contribution in [3.8, 4) is 46.7 Å². The highest BCUT2D eigenvalue weighted by molar-refractivity contribution is 5.65. The second-order valence-electron chi connectivity index (χ2n) is 13.4. The van der Waals surface area contributed by atoms with Gasteiger partial charge in [0.2, 0.25) is 0 Å². The highest BCUT2D eigenvalue weighted by atomic mass is 16.5. The maximum absolute atomic E-state index is 9.67. The van der Waals surface area contributed by atoms with Gasteiger partial charge in [0, 0.05) is 5.41 Å². The van der Waals surface area contributed by atoms with Crippen LogP contribution in [0.4, 0.5) is 0 Å². The van der Waals surface area contributed by atoms with Crippen molar-refractivity contribution in [1.82, 2.24) is 0 Å². The second kappa shape index (κ2) is 12.9. The van der Waals surface area contributed by atoms with Gasteiger partial charge in [-0.3, -0.25) is 0 Å². The molecule has 0 aliphatic carbocycles. The zero-order valence-electron chi connectivity index (χ0n) is 26.6. The molecule has 222 valence electrons. The molecule has 3 aromatic rings. The van der Waals surface area contributed by atoms with Crippen molar-refractivity contribution in [2.75, 3.05) is 0 Å². The van der Waals surface area contributed by atoms with Gasteiger partial charge in [-0.15, -0.1) is 0 Å². The SMILES string of the molecule is CC(C)C(C)(C#CO)Cc1ccc(CC(C)(C#CO)C(C)(C)Oc2ccc(-c3ccc(OC(C)(C)C)cc3)cc2)cc1. The van der Waals surface area contributed by atoms with E-state index in [1.165, 1.54) is 0 Å². The smallest absolute Gasteiger partial charge is 0.120 e. The van der Waals surface area contributed by atoms with Crippen molar-refractivity contribution in [3.05, 3.63) is 83.9 Å². The van der Waals surface area contributed by atoms with Gasteiger partial charge in [-0.1, -0.05) is 68.3 Å². The fraction of sp³-hybridized carbons (Fsp3) is 0.421. The number of hydrogen-bond donors (Lipinski definition) is 2. The number of hydrogen-bond acceptors (Lipinski definition) is 4. The molecule has 3 aromatic carbocycles. The average Bonchev–Trinajstić information content (AvgIpc) is 2.90. The van der Waals surface area contributed by atoms with E-state index in [4.69, 9.17) is 9.47 Å². The van der Waals surface area contributed by atoms with E-state index in [0.29, 0.717) is 12.3 Å². The van der Waals surface area contributed by atoms with Crippen LogP contribution in [0, 0.1) is 40.8 Å². The predicted molar refractivity (Wildman–Crippen MR) is 171 cm³/mol. The zero-order chi connectivity index (χ0) is 31.2. The predicted octanol–water partition coefficient (Wildman–Crippen LogP) is 8.81. The molecule has 0 bridgehead atoms. The Bertz CT molecular complexity index is 1440. The molecule has 2 N–H and O–H groups in total.